The molecule has 25 heavy (non-hydrogen) atoms. The van der Waals surface area contributed by atoms with E-state index in [2.05, 4.69) is 34.3 Å². The summed E-state index contributed by atoms with van der Waals surface area (Å²) in [4.78, 5) is 0. The zero-order valence-electron chi connectivity index (χ0n) is 17.0. The molecule has 1 saturated heterocycles. The van der Waals surface area contributed by atoms with Crippen molar-refractivity contribution >= 4 is 0 Å². The van der Waals surface area contributed by atoms with Crippen molar-refractivity contribution in [3.05, 3.63) is 34.9 Å². The maximum Gasteiger partial charge on any atom is 0.100 e. The lowest BCUT2D eigenvalue weighted by Gasteiger charge is -2.43. The fourth-order valence-electron chi connectivity index (χ4n) is 4.17. The van der Waals surface area contributed by atoms with E-state index in [1.165, 1.54) is 48.8 Å². The van der Waals surface area contributed by atoms with Gasteiger partial charge in [0.05, 0.1) is 11.7 Å². The van der Waals surface area contributed by atoms with Crippen molar-refractivity contribution in [2.24, 2.45) is 5.92 Å². The first-order chi connectivity index (χ1) is 11.7. The van der Waals surface area contributed by atoms with Crippen LogP contribution in [0, 0.1) is 5.92 Å². The molecule has 2 heteroatoms. The zero-order chi connectivity index (χ0) is 18.6. The number of rotatable bonds is 8. The smallest absolute Gasteiger partial charge is 0.100 e. The maximum atomic E-state index is 10.1. The summed E-state index contributed by atoms with van der Waals surface area (Å²) < 4.78 is 6.55. The minimum atomic E-state index is -0.417. The largest absolute Gasteiger partial charge is 0.385 e. The van der Waals surface area contributed by atoms with Crippen molar-refractivity contribution in [3.63, 3.8) is 0 Å². The van der Waals surface area contributed by atoms with Gasteiger partial charge in [-0.3, -0.25) is 0 Å². The number of fused-ring (bicyclic) bond motifs is 1. The van der Waals surface area contributed by atoms with Crippen LogP contribution in [0.15, 0.2) is 34.9 Å². The SMILES string of the molecule is C=C(C)CCCC(C)CCCC1(C)CCC2=CC(O)C(C)=C(C)C2O1. The fourth-order valence-corrected chi connectivity index (χ4v) is 4.17. The second-order valence-electron chi connectivity index (χ2n) is 8.85. The van der Waals surface area contributed by atoms with Gasteiger partial charge in [0.25, 0.3) is 0 Å². The maximum absolute atomic E-state index is 10.1. The molecule has 2 rings (SSSR count). The molecule has 142 valence electrons. The van der Waals surface area contributed by atoms with Crippen molar-refractivity contribution in [1.82, 2.24) is 0 Å². The van der Waals surface area contributed by atoms with Crippen molar-refractivity contribution in [2.75, 3.05) is 0 Å². The van der Waals surface area contributed by atoms with Crippen LogP contribution < -0.4 is 0 Å². The Bertz CT molecular complexity index is 542. The molecule has 0 saturated carbocycles. The highest BCUT2D eigenvalue weighted by Gasteiger charge is 2.38. The first-order valence-corrected chi connectivity index (χ1v) is 10.1. The minimum Gasteiger partial charge on any atom is -0.385 e. The van der Waals surface area contributed by atoms with Crippen molar-refractivity contribution < 1.29 is 9.84 Å². The third kappa shape index (κ3) is 5.56. The average molecular weight is 347 g/mol. The van der Waals surface area contributed by atoms with Gasteiger partial charge in [0.2, 0.25) is 0 Å². The molecule has 4 unspecified atom stereocenters. The predicted molar refractivity (Wildman–Crippen MR) is 107 cm³/mol. The summed E-state index contributed by atoms with van der Waals surface area (Å²) in [6.45, 7) is 14.9. The molecule has 0 amide bonds. The first-order valence-electron chi connectivity index (χ1n) is 10.1. The Morgan fingerprint density at radius 1 is 1.32 bits per heavy atom. The van der Waals surface area contributed by atoms with E-state index in [0.717, 1.165) is 30.8 Å². The Labute approximate surface area is 155 Å². The van der Waals surface area contributed by atoms with Gasteiger partial charge >= 0.3 is 0 Å². The molecule has 1 heterocycles. The third-order valence-electron chi connectivity index (χ3n) is 6.22. The molecule has 0 aromatic carbocycles. The molecule has 2 aliphatic rings. The highest BCUT2D eigenvalue weighted by Crippen LogP contribution is 2.41. The van der Waals surface area contributed by atoms with Crippen molar-refractivity contribution in [3.8, 4) is 0 Å². The van der Waals surface area contributed by atoms with Gasteiger partial charge in [-0.25, -0.2) is 0 Å². The number of aliphatic hydroxyl groups is 1. The van der Waals surface area contributed by atoms with Crippen LogP contribution in [0.2, 0.25) is 0 Å². The first kappa shape index (κ1) is 20.5. The van der Waals surface area contributed by atoms with E-state index in [-0.39, 0.29) is 11.7 Å². The molecule has 0 aromatic heterocycles. The summed E-state index contributed by atoms with van der Waals surface area (Å²) in [5.41, 5.74) is 4.83. The number of aliphatic hydroxyl groups excluding tert-OH is 1. The summed E-state index contributed by atoms with van der Waals surface area (Å²) in [5, 5.41) is 10.1. The summed E-state index contributed by atoms with van der Waals surface area (Å²) in [6.07, 6.45) is 11.2. The Hall–Kier alpha value is -0.860. The highest BCUT2D eigenvalue weighted by molar-refractivity contribution is 5.37. The van der Waals surface area contributed by atoms with Gasteiger partial charge < -0.3 is 9.84 Å². The van der Waals surface area contributed by atoms with Gasteiger partial charge in [-0.05, 0) is 88.5 Å². The molecule has 1 fully saturated rings. The van der Waals surface area contributed by atoms with Gasteiger partial charge in [0.15, 0.2) is 0 Å². The average Bonchev–Trinajstić information content (AvgIpc) is 2.53. The van der Waals surface area contributed by atoms with Crippen LogP contribution in [0.25, 0.3) is 0 Å². The van der Waals surface area contributed by atoms with Crippen LogP contribution >= 0.6 is 0 Å². The van der Waals surface area contributed by atoms with Gasteiger partial charge in [0, 0.05) is 0 Å². The highest BCUT2D eigenvalue weighted by atomic mass is 16.5. The van der Waals surface area contributed by atoms with E-state index in [0.29, 0.717) is 0 Å². The normalized spacial score (nSPS) is 30.7. The molecular formula is C23H38O2. The van der Waals surface area contributed by atoms with Crippen LogP contribution in [0.4, 0.5) is 0 Å². The third-order valence-corrected chi connectivity index (χ3v) is 6.22. The molecule has 0 spiro atoms. The second-order valence-corrected chi connectivity index (χ2v) is 8.85. The molecule has 0 bridgehead atoms. The van der Waals surface area contributed by atoms with E-state index < -0.39 is 6.10 Å². The molecule has 0 aromatic rings. The lowest BCUT2D eigenvalue weighted by atomic mass is 9.79. The number of hydrogen-bond acceptors (Lipinski definition) is 2. The Morgan fingerprint density at radius 3 is 2.68 bits per heavy atom. The molecule has 2 nitrogen and oxygen atoms in total. The fraction of sp³-hybridized carbons (Fsp3) is 0.739. The van der Waals surface area contributed by atoms with Crippen molar-refractivity contribution in [2.45, 2.75) is 104 Å². The quantitative estimate of drug-likeness (QED) is 0.537. The molecule has 4 atom stereocenters. The molecular weight excluding hydrogens is 308 g/mol. The van der Waals surface area contributed by atoms with E-state index in [4.69, 9.17) is 4.74 Å². The van der Waals surface area contributed by atoms with E-state index in [9.17, 15) is 5.11 Å². The van der Waals surface area contributed by atoms with Gasteiger partial charge in [0.1, 0.15) is 6.10 Å². The Kier molecular flexibility index (Phi) is 7.10. The van der Waals surface area contributed by atoms with Crippen LogP contribution in [0.3, 0.4) is 0 Å². The topological polar surface area (TPSA) is 29.5 Å². The molecule has 1 N–H and O–H groups in total. The van der Waals surface area contributed by atoms with Crippen LogP contribution in [0.5, 0.6) is 0 Å². The lowest BCUT2D eigenvalue weighted by molar-refractivity contribution is -0.0871. The Morgan fingerprint density at radius 2 is 2.00 bits per heavy atom. The summed E-state index contributed by atoms with van der Waals surface area (Å²) in [5.74, 6) is 0.788. The van der Waals surface area contributed by atoms with Gasteiger partial charge in [-0.1, -0.05) is 31.8 Å². The lowest BCUT2D eigenvalue weighted by Crippen LogP contribution is -2.42. The predicted octanol–water partition coefficient (Wildman–Crippen LogP) is 6.11. The van der Waals surface area contributed by atoms with Crippen LogP contribution in [-0.4, -0.2) is 22.9 Å². The summed E-state index contributed by atoms with van der Waals surface area (Å²) >= 11 is 0. The monoisotopic (exact) mass is 346 g/mol. The molecule has 1 aliphatic carbocycles. The minimum absolute atomic E-state index is 0.0245. The van der Waals surface area contributed by atoms with Gasteiger partial charge in [-0.15, -0.1) is 6.58 Å². The van der Waals surface area contributed by atoms with Crippen LogP contribution in [0.1, 0.15) is 86.0 Å². The summed E-state index contributed by atoms with van der Waals surface area (Å²) in [7, 11) is 0. The van der Waals surface area contributed by atoms with E-state index >= 15 is 0 Å². The number of hydrogen-bond donors (Lipinski definition) is 1. The van der Waals surface area contributed by atoms with E-state index in [1.54, 1.807) is 0 Å². The zero-order valence-corrected chi connectivity index (χ0v) is 17.0. The van der Waals surface area contributed by atoms with E-state index in [1.807, 2.05) is 13.0 Å². The standard InChI is InChI=1S/C23H38O2/c1-16(2)9-7-10-17(3)11-8-13-23(6)14-12-20-15-21(24)18(4)19(5)22(20)25-23/h15,17,21-22,24H,1,7-14H2,2-6H3. The summed E-state index contributed by atoms with van der Waals surface area (Å²) in [6, 6.07) is 0. The van der Waals surface area contributed by atoms with Gasteiger partial charge in [-0.2, -0.15) is 0 Å². The number of allylic oxidation sites excluding steroid dienone is 1. The Balaban J connectivity index is 1.81. The molecule has 1 aliphatic heterocycles. The number of ether oxygens (including phenoxy) is 1. The van der Waals surface area contributed by atoms with Crippen LogP contribution in [-0.2, 0) is 4.74 Å². The second kappa shape index (κ2) is 8.68. The van der Waals surface area contributed by atoms with Crippen molar-refractivity contribution in [1.29, 1.82) is 0 Å². The molecule has 0 radical (unpaired) electrons.